The zero-order valence-electron chi connectivity index (χ0n) is 8.97. The minimum atomic E-state index is -4.54. The molecule has 0 aliphatic carbocycles. The van der Waals surface area contributed by atoms with Gasteiger partial charge in [-0.15, -0.1) is 0 Å². The zero-order valence-corrected chi connectivity index (χ0v) is 9.73. The summed E-state index contributed by atoms with van der Waals surface area (Å²) >= 11 is 5.44. The number of amides is 2. The van der Waals surface area contributed by atoms with E-state index < -0.39 is 17.8 Å². The summed E-state index contributed by atoms with van der Waals surface area (Å²) in [5.74, 6) is -0.247. The summed E-state index contributed by atoms with van der Waals surface area (Å²) in [7, 11) is 2.90. The molecule has 1 aromatic rings. The number of carbonyl (C=O) groups excluding carboxylic acids is 1. The van der Waals surface area contributed by atoms with Gasteiger partial charge in [-0.25, -0.2) is 9.78 Å². The molecule has 0 spiro atoms. The highest BCUT2D eigenvalue weighted by molar-refractivity contribution is 6.29. The molecule has 0 unspecified atom stereocenters. The van der Waals surface area contributed by atoms with Crippen LogP contribution < -0.4 is 5.32 Å². The van der Waals surface area contributed by atoms with E-state index in [2.05, 4.69) is 10.3 Å². The Balaban J connectivity index is 3.02. The first-order chi connectivity index (χ1) is 7.70. The van der Waals surface area contributed by atoms with Crippen molar-refractivity contribution in [2.24, 2.45) is 0 Å². The van der Waals surface area contributed by atoms with Crippen LogP contribution in [0.25, 0.3) is 0 Å². The lowest BCUT2D eigenvalue weighted by atomic mass is 10.2. The van der Waals surface area contributed by atoms with Gasteiger partial charge in [-0.2, -0.15) is 13.2 Å². The van der Waals surface area contributed by atoms with Gasteiger partial charge in [0.1, 0.15) is 11.0 Å². The van der Waals surface area contributed by atoms with Gasteiger partial charge < -0.3 is 4.90 Å². The number of carbonyl (C=O) groups is 1. The second-order valence-corrected chi connectivity index (χ2v) is 3.77. The van der Waals surface area contributed by atoms with Gasteiger partial charge in [-0.1, -0.05) is 11.6 Å². The van der Waals surface area contributed by atoms with Crippen molar-refractivity contribution in [1.82, 2.24) is 9.88 Å². The van der Waals surface area contributed by atoms with Crippen LogP contribution in [0.2, 0.25) is 5.15 Å². The van der Waals surface area contributed by atoms with Crippen molar-refractivity contribution in [2.45, 2.75) is 6.18 Å². The maximum absolute atomic E-state index is 12.4. The SMILES string of the molecule is CN(C)C(=O)Nc1cc(C(F)(F)F)cc(Cl)n1. The third-order valence-corrected chi connectivity index (χ3v) is 1.96. The van der Waals surface area contributed by atoms with Crippen LogP contribution in [-0.2, 0) is 6.18 Å². The number of anilines is 1. The smallest absolute Gasteiger partial charge is 0.331 e. The quantitative estimate of drug-likeness (QED) is 0.795. The Kier molecular flexibility index (Phi) is 3.82. The van der Waals surface area contributed by atoms with Crippen molar-refractivity contribution >= 4 is 23.4 Å². The molecule has 1 aromatic heterocycles. The topological polar surface area (TPSA) is 45.2 Å². The standard InChI is InChI=1S/C9H9ClF3N3O/c1-16(2)8(17)15-7-4-5(9(11,12)13)3-6(10)14-7/h3-4H,1-2H3,(H,14,15,17). The molecule has 4 nitrogen and oxygen atoms in total. The highest BCUT2D eigenvalue weighted by Gasteiger charge is 2.31. The summed E-state index contributed by atoms with van der Waals surface area (Å²) in [5.41, 5.74) is -0.966. The van der Waals surface area contributed by atoms with Crippen LogP contribution in [0.3, 0.4) is 0 Å². The number of aromatic nitrogens is 1. The van der Waals surface area contributed by atoms with Crippen LogP contribution in [0.15, 0.2) is 12.1 Å². The molecular formula is C9H9ClF3N3O. The number of halogens is 4. The fourth-order valence-corrected chi connectivity index (χ4v) is 1.15. The number of hydrogen-bond donors (Lipinski definition) is 1. The van der Waals surface area contributed by atoms with E-state index in [1.165, 1.54) is 14.1 Å². The van der Waals surface area contributed by atoms with Crippen LogP contribution in [0, 0.1) is 0 Å². The van der Waals surface area contributed by atoms with Gasteiger partial charge in [0.25, 0.3) is 0 Å². The second kappa shape index (κ2) is 4.79. The van der Waals surface area contributed by atoms with E-state index >= 15 is 0 Å². The molecule has 0 atom stereocenters. The Morgan fingerprint density at radius 1 is 1.41 bits per heavy atom. The first-order valence-electron chi connectivity index (χ1n) is 4.43. The number of rotatable bonds is 1. The maximum atomic E-state index is 12.4. The summed E-state index contributed by atoms with van der Waals surface area (Å²) < 4.78 is 37.3. The van der Waals surface area contributed by atoms with Gasteiger partial charge in [0, 0.05) is 14.1 Å². The van der Waals surface area contributed by atoms with Gasteiger partial charge in [0.05, 0.1) is 5.56 Å². The Hall–Kier alpha value is -1.50. The predicted octanol–water partition coefficient (Wildman–Crippen LogP) is 2.85. The van der Waals surface area contributed by atoms with Crippen LogP contribution in [0.1, 0.15) is 5.56 Å². The largest absolute Gasteiger partial charge is 0.416 e. The van der Waals surface area contributed by atoms with E-state index in [0.29, 0.717) is 12.1 Å². The highest BCUT2D eigenvalue weighted by Crippen LogP contribution is 2.31. The Labute approximate surface area is 100 Å². The van der Waals surface area contributed by atoms with E-state index in [-0.39, 0.29) is 11.0 Å². The van der Waals surface area contributed by atoms with E-state index in [4.69, 9.17) is 11.6 Å². The number of nitrogens with one attached hydrogen (secondary N) is 1. The lowest BCUT2D eigenvalue weighted by molar-refractivity contribution is -0.137. The maximum Gasteiger partial charge on any atom is 0.416 e. The molecule has 0 bridgehead atoms. The monoisotopic (exact) mass is 267 g/mol. The van der Waals surface area contributed by atoms with E-state index in [1.807, 2.05) is 0 Å². The number of urea groups is 1. The summed E-state index contributed by atoms with van der Waals surface area (Å²) in [4.78, 5) is 16.0. The minimum Gasteiger partial charge on any atom is -0.331 e. The summed E-state index contributed by atoms with van der Waals surface area (Å²) in [5, 5.41) is 1.85. The second-order valence-electron chi connectivity index (χ2n) is 3.39. The lowest BCUT2D eigenvalue weighted by Gasteiger charge is -2.13. The molecule has 17 heavy (non-hydrogen) atoms. The Morgan fingerprint density at radius 3 is 2.47 bits per heavy atom. The molecule has 2 amide bonds. The predicted molar refractivity (Wildman–Crippen MR) is 57.0 cm³/mol. The zero-order chi connectivity index (χ0) is 13.2. The molecule has 94 valence electrons. The van der Waals surface area contributed by atoms with Crippen molar-refractivity contribution in [3.05, 3.63) is 22.8 Å². The van der Waals surface area contributed by atoms with Crippen molar-refractivity contribution in [3.8, 4) is 0 Å². The van der Waals surface area contributed by atoms with Crippen LogP contribution in [-0.4, -0.2) is 30.0 Å². The van der Waals surface area contributed by atoms with Crippen molar-refractivity contribution in [3.63, 3.8) is 0 Å². The summed E-state index contributed by atoms with van der Waals surface area (Å²) in [6.07, 6.45) is -4.54. The van der Waals surface area contributed by atoms with Crippen molar-refractivity contribution < 1.29 is 18.0 Å². The lowest BCUT2D eigenvalue weighted by Crippen LogP contribution is -2.27. The molecule has 0 aliphatic heterocycles. The molecule has 0 aliphatic rings. The third-order valence-electron chi connectivity index (χ3n) is 1.76. The third kappa shape index (κ3) is 3.77. The average Bonchev–Trinajstić information content (AvgIpc) is 2.15. The molecule has 1 rings (SSSR count). The van der Waals surface area contributed by atoms with Crippen LogP contribution >= 0.6 is 11.6 Å². The molecule has 0 radical (unpaired) electrons. The molecule has 0 fully saturated rings. The Bertz CT molecular complexity index is 434. The summed E-state index contributed by atoms with van der Waals surface area (Å²) in [6, 6.07) is 0.813. The van der Waals surface area contributed by atoms with Gasteiger partial charge in [-0.05, 0) is 12.1 Å². The number of hydrogen-bond acceptors (Lipinski definition) is 2. The fraction of sp³-hybridized carbons (Fsp3) is 0.333. The molecule has 0 aromatic carbocycles. The fourth-order valence-electron chi connectivity index (χ4n) is 0.946. The van der Waals surface area contributed by atoms with Crippen LogP contribution in [0.4, 0.5) is 23.8 Å². The van der Waals surface area contributed by atoms with E-state index in [9.17, 15) is 18.0 Å². The normalized spacial score (nSPS) is 11.2. The summed E-state index contributed by atoms with van der Waals surface area (Å²) in [6.45, 7) is 0. The molecule has 8 heteroatoms. The van der Waals surface area contributed by atoms with E-state index in [0.717, 1.165) is 4.90 Å². The molecular weight excluding hydrogens is 259 g/mol. The highest BCUT2D eigenvalue weighted by atomic mass is 35.5. The van der Waals surface area contributed by atoms with Crippen molar-refractivity contribution in [1.29, 1.82) is 0 Å². The first kappa shape index (κ1) is 13.6. The number of nitrogens with zero attached hydrogens (tertiary/aromatic N) is 2. The average molecular weight is 268 g/mol. The Morgan fingerprint density at radius 2 is 2.00 bits per heavy atom. The minimum absolute atomic E-state index is 0.247. The molecule has 0 saturated heterocycles. The molecule has 0 saturated carbocycles. The van der Waals surface area contributed by atoms with Crippen molar-refractivity contribution in [2.75, 3.05) is 19.4 Å². The molecule has 1 N–H and O–H groups in total. The van der Waals surface area contributed by atoms with Gasteiger partial charge in [0.15, 0.2) is 0 Å². The van der Waals surface area contributed by atoms with Gasteiger partial charge in [0.2, 0.25) is 0 Å². The molecule has 1 heterocycles. The van der Waals surface area contributed by atoms with Gasteiger partial charge in [-0.3, -0.25) is 5.32 Å². The van der Waals surface area contributed by atoms with Gasteiger partial charge >= 0.3 is 12.2 Å². The number of pyridine rings is 1. The van der Waals surface area contributed by atoms with Crippen LogP contribution in [0.5, 0.6) is 0 Å². The first-order valence-corrected chi connectivity index (χ1v) is 4.81. The van der Waals surface area contributed by atoms with E-state index in [1.54, 1.807) is 0 Å². The number of alkyl halides is 3.